The van der Waals surface area contributed by atoms with Crippen molar-refractivity contribution in [3.63, 3.8) is 0 Å². The van der Waals surface area contributed by atoms with E-state index in [1.807, 2.05) is 0 Å². The van der Waals surface area contributed by atoms with Crippen molar-refractivity contribution < 1.29 is 0 Å². The summed E-state index contributed by atoms with van der Waals surface area (Å²) in [7, 11) is 0. The third-order valence-electron chi connectivity index (χ3n) is 5.14. The van der Waals surface area contributed by atoms with Gasteiger partial charge in [-0.1, -0.05) is 78.1 Å². The highest BCUT2D eigenvalue weighted by atomic mass is 15.4. The molecule has 0 fully saturated rings. The molecule has 2 nitrogen and oxygen atoms in total. The topological polar surface area (TPSA) is 6.48 Å². The molecule has 0 radical (unpaired) electrons. The third kappa shape index (κ3) is 8.13. The molecule has 0 aliphatic carbocycles. The van der Waals surface area contributed by atoms with Gasteiger partial charge in [0.15, 0.2) is 0 Å². The molecule has 1 atom stereocenters. The predicted octanol–water partition coefficient (Wildman–Crippen LogP) is 6.53. The monoisotopic (exact) mass is 322 g/mol. The van der Waals surface area contributed by atoms with E-state index < -0.39 is 0 Å². The van der Waals surface area contributed by atoms with Gasteiger partial charge in [0.25, 0.3) is 0 Å². The molecule has 1 aliphatic heterocycles. The summed E-state index contributed by atoms with van der Waals surface area (Å²) < 4.78 is 0. The quantitative estimate of drug-likeness (QED) is 0.335. The van der Waals surface area contributed by atoms with Gasteiger partial charge >= 0.3 is 0 Å². The minimum Gasteiger partial charge on any atom is -0.356 e. The van der Waals surface area contributed by atoms with Gasteiger partial charge in [0.2, 0.25) is 0 Å². The summed E-state index contributed by atoms with van der Waals surface area (Å²) in [6, 6.07) is 0.610. The number of unbranched alkanes of at least 4 members (excludes halogenated alkanes) is 10. The van der Waals surface area contributed by atoms with Crippen molar-refractivity contribution in [3.05, 3.63) is 12.4 Å². The molecule has 0 bridgehead atoms. The SMILES string of the molecule is CCCCCCCCCCCCCN1C=CN(C(C)C)C1CC. The fraction of sp³-hybridized carbons (Fsp3) is 0.905. The van der Waals surface area contributed by atoms with E-state index in [2.05, 4.69) is 49.9 Å². The summed E-state index contributed by atoms with van der Waals surface area (Å²) in [5, 5.41) is 0. The fourth-order valence-corrected chi connectivity index (χ4v) is 3.68. The molecular formula is C21H42N2. The first-order valence-corrected chi connectivity index (χ1v) is 10.4. The highest BCUT2D eigenvalue weighted by Gasteiger charge is 2.25. The lowest BCUT2D eigenvalue weighted by molar-refractivity contribution is 0.121. The molecule has 0 saturated carbocycles. The van der Waals surface area contributed by atoms with Crippen LogP contribution in [0.25, 0.3) is 0 Å². The van der Waals surface area contributed by atoms with Crippen molar-refractivity contribution in [2.24, 2.45) is 0 Å². The molecule has 0 saturated heterocycles. The van der Waals surface area contributed by atoms with Crippen molar-refractivity contribution in [2.75, 3.05) is 6.54 Å². The predicted molar refractivity (Wildman–Crippen MR) is 103 cm³/mol. The van der Waals surface area contributed by atoms with Gasteiger partial charge in [0.1, 0.15) is 6.17 Å². The molecule has 1 heterocycles. The minimum absolute atomic E-state index is 0.595. The Morgan fingerprint density at radius 2 is 1.26 bits per heavy atom. The van der Waals surface area contributed by atoms with Gasteiger partial charge < -0.3 is 9.80 Å². The third-order valence-corrected chi connectivity index (χ3v) is 5.14. The molecule has 1 rings (SSSR count). The van der Waals surface area contributed by atoms with Crippen molar-refractivity contribution in [1.29, 1.82) is 0 Å². The van der Waals surface area contributed by atoms with Crippen LogP contribution in [0.4, 0.5) is 0 Å². The Labute approximate surface area is 146 Å². The van der Waals surface area contributed by atoms with E-state index in [0.717, 1.165) is 0 Å². The Balaban J connectivity index is 1.96. The summed E-state index contributed by atoms with van der Waals surface area (Å²) >= 11 is 0. The highest BCUT2D eigenvalue weighted by Crippen LogP contribution is 2.22. The van der Waals surface area contributed by atoms with Crippen LogP contribution in [-0.2, 0) is 0 Å². The lowest BCUT2D eigenvalue weighted by Gasteiger charge is -2.34. The second kappa shape index (κ2) is 12.7. The highest BCUT2D eigenvalue weighted by molar-refractivity contribution is 4.97. The van der Waals surface area contributed by atoms with E-state index in [1.54, 1.807) is 0 Å². The van der Waals surface area contributed by atoms with E-state index in [9.17, 15) is 0 Å². The summed E-state index contributed by atoms with van der Waals surface area (Å²) in [5.74, 6) is 0. The Morgan fingerprint density at radius 1 is 0.739 bits per heavy atom. The van der Waals surface area contributed by atoms with Gasteiger partial charge in [-0.15, -0.1) is 0 Å². The molecule has 0 N–H and O–H groups in total. The van der Waals surface area contributed by atoms with Crippen LogP contribution in [0.1, 0.15) is 105 Å². The van der Waals surface area contributed by atoms with E-state index >= 15 is 0 Å². The Hall–Kier alpha value is -0.660. The van der Waals surface area contributed by atoms with Crippen LogP contribution >= 0.6 is 0 Å². The second-order valence-corrected chi connectivity index (χ2v) is 7.50. The van der Waals surface area contributed by atoms with Crippen molar-refractivity contribution in [3.8, 4) is 0 Å². The largest absolute Gasteiger partial charge is 0.356 e. The summed E-state index contributed by atoms with van der Waals surface area (Å²) in [4.78, 5) is 5.05. The molecule has 0 aromatic carbocycles. The molecule has 1 unspecified atom stereocenters. The van der Waals surface area contributed by atoms with E-state index in [0.29, 0.717) is 12.2 Å². The molecule has 0 aromatic rings. The maximum absolute atomic E-state index is 2.55. The van der Waals surface area contributed by atoms with Crippen LogP contribution in [0.2, 0.25) is 0 Å². The molecular weight excluding hydrogens is 280 g/mol. The molecule has 1 aliphatic rings. The van der Waals surface area contributed by atoms with Crippen molar-refractivity contribution in [2.45, 2.75) is 117 Å². The number of hydrogen-bond donors (Lipinski definition) is 0. The average molecular weight is 323 g/mol. The van der Waals surface area contributed by atoms with E-state index in [4.69, 9.17) is 0 Å². The maximum Gasteiger partial charge on any atom is 0.101 e. The summed E-state index contributed by atoms with van der Waals surface area (Å²) in [5.41, 5.74) is 0. The van der Waals surface area contributed by atoms with Gasteiger partial charge in [-0.2, -0.15) is 0 Å². The first-order chi connectivity index (χ1) is 11.2. The summed E-state index contributed by atoms with van der Waals surface area (Å²) in [6.45, 7) is 10.4. The van der Waals surface area contributed by atoms with Crippen LogP contribution in [-0.4, -0.2) is 28.6 Å². The van der Waals surface area contributed by atoms with Gasteiger partial charge in [-0.05, 0) is 26.7 Å². The van der Waals surface area contributed by atoms with Crippen LogP contribution < -0.4 is 0 Å². The van der Waals surface area contributed by atoms with Crippen LogP contribution in [0.15, 0.2) is 12.4 Å². The van der Waals surface area contributed by atoms with Crippen molar-refractivity contribution in [1.82, 2.24) is 9.80 Å². The van der Waals surface area contributed by atoms with Crippen LogP contribution in [0, 0.1) is 0 Å². The molecule has 2 heteroatoms. The smallest absolute Gasteiger partial charge is 0.101 e. The zero-order chi connectivity index (χ0) is 16.9. The van der Waals surface area contributed by atoms with Crippen LogP contribution in [0.5, 0.6) is 0 Å². The number of hydrogen-bond acceptors (Lipinski definition) is 2. The summed E-state index contributed by atoms with van der Waals surface area (Å²) in [6.07, 6.45) is 22.1. The molecule has 0 amide bonds. The number of rotatable bonds is 14. The lowest BCUT2D eigenvalue weighted by Crippen LogP contribution is -2.41. The zero-order valence-electron chi connectivity index (χ0n) is 16.4. The van der Waals surface area contributed by atoms with E-state index in [1.165, 1.54) is 83.6 Å². The Morgan fingerprint density at radius 3 is 1.74 bits per heavy atom. The van der Waals surface area contributed by atoms with Gasteiger partial charge in [0.05, 0.1) is 0 Å². The van der Waals surface area contributed by atoms with Crippen molar-refractivity contribution >= 4 is 0 Å². The van der Waals surface area contributed by atoms with Gasteiger partial charge in [0, 0.05) is 25.0 Å². The molecule has 0 aromatic heterocycles. The molecule has 23 heavy (non-hydrogen) atoms. The minimum atomic E-state index is 0.595. The lowest BCUT2D eigenvalue weighted by atomic mass is 10.1. The first-order valence-electron chi connectivity index (χ1n) is 10.4. The maximum atomic E-state index is 2.55. The normalized spacial score (nSPS) is 17.7. The average Bonchev–Trinajstić information content (AvgIpc) is 2.95. The van der Waals surface area contributed by atoms with E-state index in [-0.39, 0.29) is 0 Å². The van der Waals surface area contributed by atoms with Gasteiger partial charge in [-0.25, -0.2) is 0 Å². The Bertz CT molecular complexity index is 298. The molecule has 0 spiro atoms. The first kappa shape index (κ1) is 20.4. The standard InChI is InChI=1S/C21H42N2/c1-5-7-8-9-10-11-12-13-14-15-16-17-22-18-19-23(20(3)4)21(22)6-2/h18-21H,5-17H2,1-4H3. The van der Waals surface area contributed by atoms with Gasteiger partial charge in [-0.3, -0.25) is 0 Å². The zero-order valence-corrected chi connectivity index (χ0v) is 16.4. The fourth-order valence-electron chi connectivity index (χ4n) is 3.68. The van der Waals surface area contributed by atoms with Crippen LogP contribution in [0.3, 0.4) is 0 Å². The second-order valence-electron chi connectivity index (χ2n) is 7.50. The Kier molecular flexibility index (Phi) is 11.3. The molecule has 136 valence electrons. The number of nitrogens with zero attached hydrogens (tertiary/aromatic N) is 2.